The Hall–Kier alpha value is -2.10. The summed E-state index contributed by atoms with van der Waals surface area (Å²) in [6, 6.07) is 8.27. The highest BCUT2D eigenvalue weighted by atomic mass is 16.7. The Morgan fingerprint density at radius 1 is 1.00 bits per heavy atom. The number of ether oxygens (including phenoxy) is 4. The van der Waals surface area contributed by atoms with Crippen LogP contribution in [0.4, 0.5) is 0 Å². The minimum Gasteiger partial charge on any atom is -0.466 e. The lowest BCUT2D eigenvalue weighted by Gasteiger charge is -2.31. The molecule has 0 aliphatic carbocycles. The minimum atomic E-state index is -0.0238. The highest BCUT2D eigenvalue weighted by molar-refractivity contribution is 5.28. The lowest BCUT2D eigenvalue weighted by Crippen LogP contribution is -2.22. The molecule has 0 aromatic heterocycles. The zero-order valence-corrected chi connectivity index (χ0v) is 12.2. The second-order valence-corrected chi connectivity index (χ2v) is 5.43. The van der Waals surface area contributed by atoms with Gasteiger partial charge in [0.1, 0.15) is 18.3 Å². The third-order valence-electron chi connectivity index (χ3n) is 3.72. The summed E-state index contributed by atoms with van der Waals surface area (Å²) >= 11 is 0. The highest BCUT2D eigenvalue weighted by Crippen LogP contribution is 2.34. The Morgan fingerprint density at radius 3 is 2.43 bits per heavy atom. The molecule has 21 heavy (non-hydrogen) atoms. The summed E-state index contributed by atoms with van der Waals surface area (Å²) in [6.07, 6.45) is 1.71. The first-order chi connectivity index (χ1) is 10.1. The molecule has 2 aliphatic rings. The van der Waals surface area contributed by atoms with Crippen LogP contribution in [0.2, 0.25) is 0 Å². The van der Waals surface area contributed by atoms with Gasteiger partial charge in [-0.25, -0.2) is 0 Å². The molecule has 1 aromatic carbocycles. The molecule has 0 N–H and O–H groups in total. The van der Waals surface area contributed by atoms with E-state index in [9.17, 15) is 0 Å². The fourth-order valence-corrected chi connectivity index (χ4v) is 2.74. The van der Waals surface area contributed by atoms with Crippen LogP contribution in [-0.2, 0) is 18.9 Å². The van der Waals surface area contributed by atoms with Gasteiger partial charge in [0.15, 0.2) is 0 Å². The summed E-state index contributed by atoms with van der Waals surface area (Å²) in [5.41, 5.74) is 2.23. The van der Waals surface area contributed by atoms with E-state index in [1.165, 1.54) is 0 Å². The Kier molecular flexibility index (Phi) is 3.78. The minimum absolute atomic E-state index is 0.00772. The number of hydrogen-bond acceptors (Lipinski definition) is 4. The van der Waals surface area contributed by atoms with Crippen molar-refractivity contribution in [1.29, 1.82) is 0 Å². The molecule has 3 rings (SSSR count). The van der Waals surface area contributed by atoms with E-state index >= 15 is 0 Å². The van der Waals surface area contributed by atoms with Crippen molar-refractivity contribution in [1.82, 2.24) is 0 Å². The van der Waals surface area contributed by atoms with Crippen molar-refractivity contribution in [2.75, 3.05) is 6.61 Å². The molecular weight excluding hydrogens is 268 g/mol. The largest absolute Gasteiger partial charge is 0.466 e. The van der Waals surface area contributed by atoms with E-state index in [1.807, 2.05) is 13.0 Å². The first kappa shape index (κ1) is 13.9. The molecule has 3 unspecified atom stereocenters. The molecule has 2 saturated heterocycles. The molecule has 0 spiro atoms. The van der Waals surface area contributed by atoms with Gasteiger partial charge in [-0.3, -0.25) is 0 Å². The lowest BCUT2D eigenvalue weighted by atomic mass is 9.98. The third-order valence-corrected chi connectivity index (χ3v) is 3.72. The maximum Gasteiger partial charge on any atom is 0.272 e. The van der Waals surface area contributed by atoms with Crippen LogP contribution in [0.3, 0.4) is 0 Å². The molecule has 0 amide bonds. The maximum absolute atomic E-state index is 5.71. The van der Waals surface area contributed by atoms with E-state index in [-0.39, 0.29) is 18.3 Å². The molecule has 2 heterocycles. The standard InChI is InChI=1S/C17H20O4/c1-11-9-17(21-13(3)19-11)15-6-4-5-14(10-15)16-7-8-18-12(2)20-16/h4-6,10-11,16-17H,2-3,7-9H2,1H3. The predicted molar refractivity (Wildman–Crippen MR) is 78.1 cm³/mol. The van der Waals surface area contributed by atoms with Crippen LogP contribution in [0.15, 0.2) is 49.3 Å². The molecule has 4 heteroatoms. The topological polar surface area (TPSA) is 36.9 Å². The van der Waals surface area contributed by atoms with Crippen molar-refractivity contribution in [3.63, 3.8) is 0 Å². The van der Waals surface area contributed by atoms with Crippen molar-refractivity contribution in [3.05, 3.63) is 60.4 Å². The molecule has 0 bridgehead atoms. The molecule has 0 saturated carbocycles. The summed E-state index contributed by atoms with van der Waals surface area (Å²) in [4.78, 5) is 0. The molecule has 112 valence electrons. The van der Waals surface area contributed by atoms with Gasteiger partial charge in [0.2, 0.25) is 0 Å². The average molecular weight is 288 g/mol. The zero-order valence-electron chi connectivity index (χ0n) is 12.2. The van der Waals surface area contributed by atoms with E-state index in [0.29, 0.717) is 18.5 Å². The lowest BCUT2D eigenvalue weighted by molar-refractivity contribution is -0.0993. The van der Waals surface area contributed by atoms with Crippen LogP contribution in [0.25, 0.3) is 0 Å². The normalized spacial score (nSPS) is 28.9. The van der Waals surface area contributed by atoms with Gasteiger partial charge in [0, 0.05) is 12.8 Å². The highest BCUT2D eigenvalue weighted by Gasteiger charge is 2.26. The number of benzene rings is 1. The first-order valence-electron chi connectivity index (χ1n) is 7.22. The summed E-state index contributed by atoms with van der Waals surface area (Å²) in [5.74, 6) is 0.779. The van der Waals surface area contributed by atoms with Gasteiger partial charge in [0.25, 0.3) is 11.9 Å². The van der Waals surface area contributed by atoms with Gasteiger partial charge in [-0.05, 0) is 37.3 Å². The van der Waals surface area contributed by atoms with Crippen LogP contribution in [-0.4, -0.2) is 12.7 Å². The molecule has 4 nitrogen and oxygen atoms in total. The molecule has 2 aliphatic heterocycles. The van der Waals surface area contributed by atoms with Gasteiger partial charge < -0.3 is 18.9 Å². The SMILES string of the molecule is C=C1OCCC(c2cccc(C3CC(C)OC(=C)O3)c2)O1. The van der Waals surface area contributed by atoms with Crippen molar-refractivity contribution in [2.45, 2.75) is 38.1 Å². The van der Waals surface area contributed by atoms with Crippen LogP contribution in [0, 0.1) is 0 Å². The van der Waals surface area contributed by atoms with E-state index in [4.69, 9.17) is 18.9 Å². The van der Waals surface area contributed by atoms with Crippen LogP contribution >= 0.6 is 0 Å². The summed E-state index contributed by atoms with van der Waals surface area (Å²) in [7, 11) is 0. The van der Waals surface area contributed by atoms with E-state index < -0.39 is 0 Å². The third kappa shape index (κ3) is 3.15. The molecular formula is C17H20O4. The van der Waals surface area contributed by atoms with E-state index in [0.717, 1.165) is 24.0 Å². The molecule has 0 radical (unpaired) electrons. The first-order valence-corrected chi connectivity index (χ1v) is 7.22. The van der Waals surface area contributed by atoms with Gasteiger partial charge in [-0.2, -0.15) is 0 Å². The van der Waals surface area contributed by atoms with Gasteiger partial charge in [-0.15, -0.1) is 0 Å². The van der Waals surface area contributed by atoms with Gasteiger partial charge in [-0.1, -0.05) is 18.2 Å². The Balaban J connectivity index is 1.79. The smallest absolute Gasteiger partial charge is 0.272 e. The number of hydrogen-bond donors (Lipinski definition) is 0. The average Bonchev–Trinajstić information content (AvgIpc) is 2.46. The summed E-state index contributed by atoms with van der Waals surface area (Å²) in [5, 5.41) is 0. The second kappa shape index (κ2) is 5.72. The Bertz CT molecular complexity index is 551. The van der Waals surface area contributed by atoms with Crippen molar-refractivity contribution < 1.29 is 18.9 Å². The molecule has 1 aromatic rings. The monoisotopic (exact) mass is 288 g/mol. The van der Waals surface area contributed by atoms with Crippen LogP contribution < -0.4 is 0 Å². The maximum atomic E-state index is 5.71. The van der Waals surface area contributed by atoms with Crippen molar-refractivity contribution in [2.24, 2.45) is 0 Å². The van der Waals surface area contributed by atoms with Gasteiger partial charge >= 0.3 is 0 Å². The number of rotatable bonds is 2. The molecule has 2 fully saturated rings. The fourth-order valence-electron chi connectivity index (χ4n) is 2.74. The Morgan fingerprint density at radius 2 is 1.71 bits per heavy atom. The quantitative estimate of drug-likeness (QED) is 0.825. The Labute approximate surface area is 125 Å². The van der Waals surface area contributed by atoms with E-state index in [1.54, 1.807) is 0 Å². The van der Waals surface area contributed by atoms with Gasteiger partial charge in [0.05, 0.1) is 6.61 Å². The van der Waals surface area contributed by atoms with Crippen molar-refractivity contribution >= 4 is 0 Å². The van der Waals surface area contributed by atoms with Crippen LogP contribution in [0.5, 0.6) is 0 Å². The van der Waals surface area contributed by atoms with Crippen LogP contribution in [0.1, 0.15) is 43.1 Å². The summed E-state index contributed by atoms with van der Waals surface area (Å²) in [6.45, 7) is 10.1. The fraction of sp³-hybridized carbons (Fsp3) is 0.412. The molecule has 3 atom stereocenters. The predicted octanol–water partition coefficient (Wildman–Crippen LogP) is 3.97. The van der Waals surface area contributed by atoms with E-state index in [2.05, 4.69) is 31.4 Å². The second-order valence-electron chi connectivity index (χ2n) is 5.43. The zero-order chi connectivity index (χ0) is 14.8. The summed E-state index contributed by atoms with van der Waals surface area (Å²) < 4.78 is 22.0. The van der Waals surface area contributed by atoms with Crippen molar-refractivity contribution in [3.8, 4) is 0 Å².